The van der Waals surface area contributed by atoms with E-state index in [1.54, 1.807) is 11.1 Å². The molecule has 1 heteroatoms. The van der Waals surface area contributed by atoms with Crippen LogP contribution in [0.5, 0.6) is 0 Å². The van der Waals surface area contributed by atoms with Crippen LogP contribution in [0.4, 0.5) is 0 Å². The van der Waals surface area contributed by atoms with Crippen molar-refractivity contribution < 1.29 is 0 Å². The van der Waals surface area contributed by atoms with Crippen LogP contribution in [0.2, 0.25) is 6.04 Å². The zero-order valence-corrected chi connectivity index (χ0v) is 8.45. The summed E-state index contributed by atoms with van der Waals surface area (Å²) in [5, 5.41) is 0. The highest BCUT2D eigenvalue weighted by Gasteiger charge is 2.15. The predicted octanol–water partition coefficient (Wildman–Crippen LogP) is 2.28. The molecule has 0 radical (unpaired) electrons. The molecule has 1 unspecified atom stereocenters. The van der Waals surface area contributed by atoms with Crippen molar-refractivity contribution in [3.05, 3.63) is 47.7 Å². The topological polar surface area (TPSA) is 0 Å². The molecule has 1 atom stereocenters. The Balaban J connectivity index is 2.28. The fraction of sp³-hybridized carbons (Fsp3) is 0.273. The summed E-state index contributed by atoms with van der Waals surface area (Å²) in [6, 6.07) is 11.6. The summed E-state index contributed by atoms with van der Waals surface area (Å²) in [6.45, 7) is 3.92. The quantitative estimate of drug-likeness (QED) is 0.573. The van der Waals surface area contributed by atoms with Gasteiger partial charge in [0.2, 0.25) is 0 Å². The molecule has 2 rings (SSSR count). The molecule has 1 aliphatic heterocycles. The van der Waals surface area contributed by atoms with E-state index in [1.165, 1.54) is 18.5 Å². The maximum Gasteiger partial charge on any atom is 0.0653 e. The minimum atomic E-state index is -0.578. The summed E-state index contributed by atoms with van der Waals surface area (Å²) in [5.41, 5.74) is 5.39. The minimum Gasteiger partial charge on any atom is -0.107 e. The molecule has 0 N–H and O–H groups in total. The standard InChI is InChI=1S/C11H14Si/c1-2-12-8-7-10-5-3-4-6-11(10)9-12/h2-6,12H,1,7-9H2. The van der Waals surface area contributed by atoms with Crippen LogP contribution in [0.15, 0.2) is 36.5 Å². The predicted molar refractivity (Wildman–Crippen MR) is 56.0 cm³/mol. The summed E-state index contributed by atoms with van der Waals surface area (Å²) in [5.74, 6) is 0. The number of fused-ring (bicyclic) bond motifs is 1. The molecule has 0 amide bonds. The molecule has 0 saturated carbocycles. The van der Waals surface area contributed by atoms with Gasteiger partial charge in [0.25, 0.3) is 0 Å². The summed E-state index contributed by atoms with van der Waals surface area (Å²) in [4.78, 5) is 0. The molecular weight excluding hydrogens is 160 g/mol. The summed E-state index contributed by atoms with van der Waals surface area (Å²) in [6.07, 6.45) is 1.29. The lowest BCUT2D eigenvalue weighted by Gasteiger charge is -2.20. The van der Waals surface area contributed by atoms with Crippen molar-refractivity contribution in [1.82, 2.24) is 0 Å². The second kappa shape index (κ2) is 3.28. The SMILES string of the molecule is C=C[SiH]1CCc2ccccc2C1. The van der Waals surface area contributed by atoms with Crippen LogP contribution in [0.1, 0.15) is 11.1 Å². The van der Waals surface area contributed by atoms with Crippen LogP contribution in [0.3, 0.4) is 0 Å². The number of hydrogen-bond acceptors (Lipinski definition) is 0. The molecule has 0 aliphatic carbocycles. The first kappa shape index (κ1) is 7.81. The molecule has 12 heavy (non-hydrogen) atoms. The van der Waals surface area contributed by atoms with Gasteiger partial charge in [0.15, 0.2) is 0 Å². The highest BCUT2D eigenvalue weighted by Crippen LogP contribution is 2.20. The van der Waals surface area contributed by atoms with Gasteiger partial charge in [-0.1, -0.05) is 30.3 Å². The lowest BCUT2D eigenvalue weighted by Crippen LogP contribution is -2.20. The van der Waals surface area contributed by atoms with E-state index in [9.17, 15) is 0 Å². The Bertz CT molecular complexity index is 291. The van der Waals surface area contributed by atoms with Crippen molar-refractivity contribution in [2.75, 3.05) is 0 Å². The second-order valence-electron chi connectivity index (χ2n) is 3.51. The largest absolute Gasteiger partial charge is 0.107 e. The summed E-state index contributed by atoms with van der Waals surface area (Å²) < 4.78 is 0. The van der Waals surface area contributed by atoms with E-state index in [2.05, 4.69) is 36.5 Å². The zero-order chi connectivity index (χ0) is 8.39. The van der Waals surface area contributed by atoms with Crippen molar-refractivity contribution >= 4 is 8.80 Å². The van der Waals surface area contributed by atoms with Crippen molar-refractivity contribution in [3.63, 3.8) is 0 Å². The van der Waals surface area contributed by atoms with Gasteiger partial charge in [0.1, 0.15) is 0 Å². The molecule has 1 aliphatic rings. The van der Waals surface area contributed by atoms with Gasteiger partial charge in [-0.25, -0.2) is 0 Å². The van der Waals surface area contributed by atoms with Crippen molar-refractivity contribution in [3.8, 4) is 0 Å². The molecule has 0 spiro atoms. The smallest absolute Gasteiger partial charge is 0.0653 e. The van der Waals surface area contributed by atoms with Crippen LogP contribution < -0.4 is 0 Å². The lowest BCUT2D eigenvalue weighted by atomic mass is 10.1. The molecule has 1 aromatic rings. The van der Waals surface area contributed by atoms with Gasteiger partial charge in [0, 0.05) is 0 Å². The molecular formula is C11H14Si. The number of hydrogen-bond donors (Lipinski definition) is 0. The summed E-state index contributed by atoms with van der Waals surface area (Å²) >= 11 is 0. The Morgan fingerprint density at radius 3 is 2.75 bits per heavy atom. The molecule has 1 heterocycles. The van der Waals surface area contributed by atoms with Gasteiger partial charge in [0.05, 0.1) is 8.80 Å². The molecule has 0 saturated heterocycles. The summed E-state index contributed by atoms with van der Waals surface area (Å²) in [7, 11) is -0.578. The Kier molecular flexibility index (Phi) is 2.13. The highest BCUT2D eigenvalue weighted by molar-refractivity contribution is 6.63. The van der Waals surface area contributed by atoms with Gasteiger partial charge in [-0.3, -0.25) is 0 Å². The average Bonchev–Trinajstić information content (AvgIpc) is 2.17. The fourth-order valence-corrected chi connectivity index (χ4v) is 4.18. The van der Waals surface area contributed by atoms with Gasteiger partial charge >= 0.3 is 0 Å². The van der Waals surface area contributed by atoms with E-state index in [1.807, 2.05) is 0 Å². The van der Waals surface area contributed by atoms with E-state index in [-0.39, 0.29) is 0 Å². The zero-order valence-electron chi connectivity index (χ0n) is 7.29. The lowest BCUT2D eigenvalue weighted by molar-refractivity contribution is 1.03. The third-order valence-electron chi connectivity index (χ3n) is 2.72. The molecule has 0 bridgehead atoms. The third kappa shape index (κ3) is 1.37. The highest BCUT2D eigenvalue weighted by atomic mass is 28.3. The van der Waals surface area contributed by atoms with Crippen LogP contribution >= 0.6 is 0 Å². The van der Waals surface area contributed by atoms with Crippen molar-refractivity contribution in [2.24, 2.45) is 0 Å². The number of rotatable bonds is 1. The Labute approximate surface area is 75.5 Å². The minimum absolute atomic E-state index is 0.578. The number of benzene rings is 1. The van der Waals surface area contributed by atoms with Crippen LogP contribution in [0.25, 0.3) is 0 Å². The van der Waals surface area contributed by atoms with E-state index in [0.29, 0.717) is 0 Å². The van der Waals surface area contributed by atoms with E-state index < -0.39 is 8.80 Å². The Morgan fingerprint density at radius 1 is 1.25 bits per heavy atom. The molecule has 0 nitrogen and oxygen atoms in total. The molecule has 0 fully saturated rings. The second-order valence-corrected chi connectivity index (χ2v) is 6.48. The Hall–Kier alpha value is -0.823. The van der Waals surface area contributed by atoms with E-state index in [4.69, 9.17) is 0 Å². The molecule has 62 valence electrons. The average molecular weight is 174 g/mol. The normalized spacial score (nSPS) is 21.5. The first-order valence-electron chi connectivity index (χ1n) is 4.59. The van der Waals surface area contributed by atoms with Gasteiger partial charge in [-0.15, -0.1) is 12.3 Å². The third-order valence-corrected chi connectivity index (χ3v) is 5.38. The first-order chi connectivity index (χ1) is 5.90. The molecule has 0 aromatic heterocycles. The monoisotopic (exact) mass is 174 g/mol. The van der Waals surface area contributed by atoms with Gasteiger partial charge < -0.3 is 0 Å². The maximum atomic E-state index is 3.92. The maximum absolute atomic E-state index is 3.92. The van der Waals surface area contributed by atoms with E-state index in [0.717, 1.165) is 0 Å². The van der Waals surface area contributed by atoms with Crippen LogP contribution in [0, 0.1) is 0 Å². The van der Waals surface area contributed by atoms with Gasteiger partial charge in [-0.2, -0.15) is 0 Å². The number of aryl methyl sites for hydroxylation is 1. The van der Waals surface area contributed by atoms with Crippen LogP contribution in [-0.4, -0.2) is 8.80 Å². The molecule has 1 aromatic carbocycles. The van der Waals surface area contributed by atoms with Crippen molar-refractivity contribution in [2.45, 2.75) is 18.5 Å². The van der Waals surface area contributed by atoms with Gasteiger partial charge in [-0.05, 0) is 23.6 Å². The van der Waals surface area contributed by atoms with E-state index >= 15 is 0 Å². The van der Waals surface area contributed by atoms with Crippen LogP contribution in [-0.2, 0) is 12.5 Å². The first-order valence-corrected chi connectivity index (χ1v) is 6.89. The van der Waals surface area contributed by atoms with Crippen molar-refractivity contribution in [1.29, 1.82) is 0 Å². The Morgan fingerprint density at radius 2 is 2.00 bits per heavy atom. The fourth-order valence-electron chi connectivity index (χ4n) is 1.93.